The number of aromatic nitrogens is 1. The van der Waals surface area contributed by atoms with Gasteiger partial charge < -0.3 is 34.0 Å². The molecule has 9 heteroatoms. The standard InChI is InChI=1S/C31H34N2O7/c1-3-38-31-21(8-6-14-34)24(25-18-39-27-9-5-4-7-22(27)29(25)35)16-28(40-31)30(36)32-13-12-19-17-33-26-11-10-20(37-2)15-23(19)26/h4-5,7,9-11,15-18,21,24,31,33-34H,3,6,8,12-14H2,1-2H3,(H,32,36)/t21-,24-,31+/m1/s1. The molecule has 0 spiro atoms. The van der Waals surface area contributed by atoms with E-state index in [0.29, 0.717) is 48.9 Å². The number of ether oxygens (including phenoxy) is 3. The van der Waals surface area contributed by atoms with Crippen LogP contribution >= 0.6 is 0 Å². The maximum absolute atomic E-state index is 13.5. The number of hydrogen-bond donors (Lipinski definition) is 3. The molecule has 9 nitrogen and oxygen atoms in total. The summed E-state index contributed by atoms with van der Waals surface area (Å²) in [7, 11) is 1.63. The van der Waals surface area contributed by atoms with Gasteiger partial charge in [-0.05, 0) is 68.2 Å². The quantitative estimate of drug-likeness (QED) is 0.255. The number of hydrogen-bond acceptors (Lipinski definition) is 7. The Morgan fingerprint density at radius 2 is 2.02 bits per heavy atom. The first-order valence-electron chi connectivity index (χ1n) is 13.6. The Labute approximate surface area is 231 Å². The lowest BCUT2D eigenvalue weighted by atomic mass is 9.81. The van der Waals surface area contributed by atoms with Gasteiger partial charge >= 0.3 is 0 Å². The molecule has 5 rings (SSSR count). The van der Waals surface area contributed by atoms with Gasteiger partial charge in [0.25, 0.3) is 5.91 Å². The minimum absolute atomic E-state index is 0.00877. The summed E-state index contributed by atoms with van der Waals surface area (Å²) in [5, 5.41) is 14.0. The lowest BCUT2D eigenvalue weighted by Gasteiger charge is -2.36. The minimum Gasteiger partial charge on any atom is -0.497 e. The van der Waals surface area contributed by atoms with Gasteiger partial charge in [-0.2, -0.15) is 0 Å². The number of nitrogens with one attached hydrogen (secondary N) is 2. The summed E-state index contributed by atoms with van der Waals surface area (Å²) in [4.78, 5) is 30.1. The van der Waals surface area contributed by atoms with Crippen molar-refractivity contribution in [3.05, 3.63) is 88.1 Å². The smallest absolute Gasteiger partial charge is 0.286 e. The number of benzene rings is 2. The molecule has 0 bridgehead atoms. The number of amides is 1. The van der Waals surface area contributed by atoms with Crippen molar-refractivity contribution in [2.24, 2.45) is 5.92 Å². The number of rotatable bonds is 11. The van der Waals surface area contributed by atoms with Crippen molar-refractivity contribution in [2.45, 2.75) is 38.4 Å². The fourth-order valence-corrected chi connectivity index (χ4v) is 5.33. The van der Waals surface area contributed by atoms with E-state index < -0.39 is 18.1 Å². The van der Waals surface area contributed by atoms with E-state index in [1.54, 1.807) is 31.4 Å². The Balaban J connectivity index is 1.40. The molecule has 0 fully saturated rings. The molecule has 3 atom stereocenters. The maximum Gasteiger partial charge on any atom is 0.286 e. The lowest BCUT2D eigenvalue weighted by Crippen LogP contribution is -2.40. The van der Waals surface area contributed by atoms with Crippen molar-refractivity contribution < 1.29 is 28.5 Å². The zero-order valence-electron chi connectivity index (χ0n) is 22.6. The summed E-state index contributed by atoms with van der Waals surface area (Å²) in [6, 6.07) is 12.9. The SMILES string of the molecule is CCO[C@H]1OC(C(=O)NCCc2c[nH]c3ccc(OC)cc23)=C[C@@H](c2coc3ccccc3c2=O)[C@H]1CCCO. The van der Waals surface area contributed by atoms with E-state index in [0.717, 1.165) is 22.2 Å². The Bertz CT molecular complexity index is 1570. The number of carbonyl (C=O) groups is 1. The van der Waals surface area contributed by atoms with Crippen LogP contribution in [-0.4, -0.2) is 49.2 Å². The average Bonchev–Trinajstić information content (AvgIpc) is 3.38. The zero-order chi connectivity index (χ0) is 28.1. The number of para-hydroxylation sites is 1. The minimum atomic E-state index is -0.765. The number of aliphatic hydroxyl groups is 1. The van der Waals surface area contributed by atoms with Gasteiger partial charge in [0.15, 0.2) is 11.2 Å². The molecule has 3 heterocycles. The van der Waals surface area contributed by atoms with Crippen LogP contribution in [0.3, 0.4) is 0 Å². The van der Waals surface area contributed by atoms with Crippen LogP contribution in [0.1, 0.15) is 36.8 Å². The molecule has 40 heavy (non-hydrogen) atoms. The second-order valence-electron chi connectivity index (χ2n) is 9.78. The fourth-order valence-electron chi connectivity index (χ4n) is 5.33. The molecule has 1 amide bonds. The van der Waals surface area contributed by atoms with Crippen molar-refractivity contribution in [2.75, 3.05) is 26.9 Å². The van der Waals surface area contributed by atoms with Crippen LogP contribution < -0.4 is 15.5 Å². The van der Waals surface area contributed by atoms with Crippen LogP contribution in [0.5, 0.6) is 5.75 Å². The molecule has 2 aromatic carbocycles. The predicted molar refractivity (Wildman–Crippen MR) is 151 cm³/mol. The average molecular weight is 547 g/mol. The van der Waals surface area contributed by atoms with E-state index in [2.05, 4.69) is 10.3 Å². The fraction of sp³-hybridized carbons (Fsp3) is 0.355. The number of allylic oxidation sites excluding steroid dienone is 1. The van der Waals surface area contributed by atoms with Gasteiger partial charge in [0.2, 0.25) is 6.29 Å². The van der Waals surface area contributed by atoms with Gasteiger partial charge in [-0.15, -0.1) is 0 Å². The molecular formula is C31H34N2O7. The normalized spacial score (nSPS) is 18.9. The molecule has 0 unspecified atom stereocenters. The van der Waals surface area contributed by atoms with E-state index >= 15 is 0 Å². The Kier molecular flexibility index (Phi) is 8.52. The van der Waals surface area contributed by atoms with Gasteiger partial charge in [0.1, 0.15) is 11.3 Å². The van der Waals surface area contributed by atoms with Crippen molar-refractivity contribution in [3.63, 3.8) is 0 Å². The lowest BCUT2D eigenvalue weighted by molar-refractivity contribution is -0.166. The van der Waals surface area contributed by atoms with Gasteiger partial charge in [-0.25, -0.2) is 0 Å². The highest BCUT2D eigenvalue weighted by Crippen LogP contribution is 2.39. The van der Waals surface area contributed by atoms with E-state index in [9.17, 15) is 14.7 Å². The predicted octanol–water partition coefficient (Wildman–Crippen LogP) is 4.39. The molecular weight excluding hydrogens is 512 g/mol. The highest BCUT2D eigenvalue weighted by Gasteiger charge is 2.39. The van der Waals surface area contributed by atoms with Crippen molar-refractivity contribution in [1.29, 1.82) is 0 Å². The molecule has 0 saturated carbocycles. The summed E-state index contributed by atoms with van der Waals surface area (Å²) >= 11 is 0. The van der Waals surface area contributed by atoms with Crippen LogP contribution in [-0.2, 0) is 20.7 Å². The van der Waals surface area contributed by atoms with Gasteiger partial charge in [0, 0.05) is 54.3 Å². The number of H-pyrrole nitrogens is 1. The third kappa shape index (κ3) is 5.61. The first kappa shape index (κ1) is 27.5. The van der Waals surface area contributed by atoms with Crippen LogP contribution in [0.25, 0.3) is 21.9 Å². The summed E-state index contributed by atoms with van der Waals surface area (Å²) in [5.74, 6) is -0.330. The molecule has 2 aromatic heterocycles. The zero-order valence-corrected chi connectivity index (χ0v) is 22.6. The van der Waals surface area contributed by atoms with Crippen LogP contribution in [0.4, 0.5) is 0 Å². The van der Waals surface area contributed by atoms with Crippen molar-refractivity contribution in [1.82, 2.24) is 10.3 Å². The Hall–Kier alpha value is -4.08. The van der Waals surface area contributed by atoms with E-state index in [1.807, 2.05) is 37.4 Å². The van der Waals surface area contributed by atoms with Crippen molar-refractivity contribution in [3.8, 4) is 5.75 Å². The first-order chi connectivity index (χ1) is 19.5. The topological polar surface area (TPSA) is 123 Å². The molecule has 1 aliphatic heterocycles. The van der Waals surface area contributed by atoms with Gasteiger partial charge in [-0.3, -0.25) is 9.59 Å². The Morgan fingerprint density at radius 1 is 1.18 bits per heavy atom. The monoisotopic (exact) mass is 546 g/mol. The third-order valence-corrected chi connectivity index (χ3v) is 7.36. The highest BCUT2D eigenvalue weighted by atomic mass is 16.7. The number of carbonyl (C=O) groups excluding carboxylic acids is 1. The molecule has 3 N–H and O–H groups in total. The van der Waals surface area contributed by atoms with E-state index in [-0.39, 0.29) is 23.7 Å². The summed E-state index contributed by atoms with van der Waals surface area (Å²) in [5.41, 5.74) is 2.80. The second-order valence-corrected chi connectivity index (χ2v) is 9.78. The Morgan fingerprint density at radius 3 is 2.83 bits per heavy atom. The molecule has 0 saturated heterocycles. The highest BCUT2D eigenvalue weighted by molar-refractivity contribution is 5.92. The van der Waals surface area contributed by atoms with Gasteiger partial charge in [-0.1, -0.05) is 12.1 Å². The number of fused-ring (bicyclic) bond motifs is 2. The summed E-state index contributed by atoms with van der Waals surface area (Å²) < 4.78 is 23.1. The van der Waals surface area contributed by atoms with Gasteiger partial charge in [0.05, 0.1) is 18.8 Å². The number of aliphatic hydroxyl groups excluding tert-OH is 1. The number of methoxy groups -OCH3 is 1. The largest absolute Gasteiger partial charge is 0.497 e. The molecule has 1 aliphatic rings. The maximum atomic E-state index is 13.5. The molecule has 0 radical (unpaired) electrons. The molecule has 4 aromatic rings. The summed E-state index contributed by atoms with van der Waals surface area (Å²) in [6.07, 6.45) is 5.94. The number of aromatic amines is 1. The van der Waals surface area contributed by atoms with E-state index in [4.69, 9.17) is 18.6 Å². The van der Waals surface area contributed by atoms with Crippen LogP contribution in [0.2, 0.25) is 0 Å². The first-order valence-corrected chi connectivity index (χ1v) is 13.6. The molecule has 210 valence electrons. The van der Waals surface area contributed by atoms with E-state index in [1.165, 1.54) is 6.26 Å². The van der Waals surface area contributed by atoms with Crippen LogP contribution in [0, 0.1) is 5.92 Å². The summed E-state index contributed by atoms with van der Waals surface area (Å²) in [6.45, 7) is 2.57. The third-order valence-electron chi connectivity index (χ3n) is 7.36. The molecule has 0 aliphatic carbocycles. The van der Waals surface area contributed by atoms with Crippen LogP contribution in [0.15, 0.2) is 76.0 Å². The van der Waals surface area contributed by atoms with Crippen molar-refractivity contribution >= 4 is 27.8 Å². The second kappa shape index (κ2) is 12.4.